The minimum absolute atomic E-state index is 0.0219. The summed E-state index contributed by atoms with van der Waals surface area (Å²) in [5.74, 6) is -0.106. The first-order chi connectivity index (χ1) is 27.5. The van der Waals surface area contributed by atoms with Crippen LogP contribution in [0, 0.1) is 23.8 Å². The summed E-state index contributed by atoms with van der Waals surface area (Å²) in [5, 5.41) is 2.74. The van der Waals surface area contributed by atoms with Gasteiger partial charge in [0.1, 0.15) is 11.9 Å². The molecule has 5 saturated heterocycles. The van der Waals surface area contributed by atoms with Gasteiger partial charge in [0.15, 0.2) is 0 Å². The molecule has 0 saturated carbocycles. The zero-order valence-electron chi connectivity index (χ0n) is 32.0. The molecule has 5 amide bonds. The van der Waals surface area contributed by atoms with Gasteiger partial charge in [0.2, 0.25) is 17.5 Å². The van der Waals surface area contributed by atoms with E-state index in [1.807, 2.05) is 41.3 Å². The van der Waals surface area contributed by atoms with Crippen molar-refractivity contribution in [1.82, 2.24) is 20.1 Å². The SMILES string of the molecule is [C-]#[N+]c1ccc(N2CC3(CCN(c4ccc(C(=O)N5CCC(C6CN(c7ccc8c(c7)C(=O)N(C7CCC(=O)NC7=O)C8=O)C6)CC5)cn4)CC3)C[C@@H]2C)cc1Cl. The van der Waals surface area contributed by atoms with Crippen LogP contribution in [0.15, 0.2) is 54.7 Å². The average molecular weight is 789 g/mol. The molecule has 0 radical (unpaired) electrons. The molecule has 1 aromatic heterocycles. The van der Waals surface area contributed by atoms with Gasteiger partial charge in [-0.2, -0.15) is 0 Å². The van der Waals surface area contributed by atoms with Crippen LogP contribution in [-0.2, 0) is 9.59 Å². The molecule has 9 rings (SSSR count). The van der Waals surface area contributed by atoms with E-state index in [1.165, 1.54) is 0 Å². The number of likely N-dealkylation sites (tertiary alicyclic amines) is 1. The number of halogens is 1. The van der Waals surface area contributed by atoms with E-state index in [0.29, 0.717) is 52.8 Å². The Hall–Kier alpha value is -5.48. The zero-order chi connectivity index (χ0) is 39.6. The Labute approximate surface area is 336 Å². The zero-order valence-corrected chi connectivity index (χ0v) is 32.7. The fourth-order valence-corrected chi connectivity index (χ4v) is 10.4. The van der Waals surface area contributed by atoms with Crippen molar-refractivity contribution >= 4 is 64.0 Å². The number of imide groups is 2. The quantitative estimate of drug-likeness (QED) is 0.252. The van der Waals surface area contributed by atoms with Gasteiger partial charge in [0.25, 0.3) is 17.7 Å². The van der Waals surface area contributed by atoms with Crippen LogP contribution >= 0.6 is 11.6 Å². The highest BCUT2D eigenvalue weighted by Crippen LogP contribution is 2.46. The molecule has 7 heterocycles. The highest BCUT2D eigenvalue weighted by atomic mass is 35.5. The molecular formula is C43H45ClN8O5. The summed E-state index contributed by atoms with van der Waals surface area (Å²) >= 11 is 6.38. The summed E-state index contributed by atoms with van der Waals surface area (Å²) in [4.78, 5) is 82.1. The summed E-state index contributed by atoms with van der Waals surface area (Å²) in [6.07, 6.45) is 7.06. The molecule has 57 heavy (non-hydrogen) atoms. The third-order valence-corrected chi connectivity index (χ3v) is 13.8. The topological polar surface area (TPSA) is 131 Å². The third-order valence-electron chi connectivity index (χ3n) is 13.5. The molecule has 3 aromatic rings. The van der Waals surface area contributed by atoms with Gasteiger partial charge in [0, 0.05) is 80.9 Å². The molecule has 1 N–H and O–H groups in total. The number of hydrogen-bond donors (Lipinski definition) is 1. The van der Waals surface area contributed by atoms with Gasteiger partial charge in [0.05, 0.1) is 23.3 Å². The normalized spacial score (nSPS) is 23.8. The number of hydrogen-bond acceptors (Lipinski definition) is 9. The lowest BCUT2D eigenvalue weighted by Gasteiger charge is -2.47. The number of rotatable bonds is 6. The molecule has 2 atom stereocenters. The van der Waals surface area contributed by atoms with Crippen LogP contribution in [0.2, 0.25) is 5.02 Å². The second-order valence-electron chi connectivity index (χ2n) is 16.8. The van der Waals surface area contributed by atoms with E-state index in [-0.39, 0.29) is 29.7 Å². The maximum absolute atomic E-state index is 13.5. The molecular weight excluding hydrogens is 744 g/mol. The summed E-state index contributed by atoms with van der Waals surface area (Å²) in [5.41, 5.74) is 3.86. The van der Waals surface area contributed by atoms with Crippen molar-refractivity contribution in [3.63, 3.8) is 0 Å². The van der Waals surface area contributed by atoms with E-state index in [1.54, 1.807) is 18.3 Å². The number of pyridine rings is 1. The van der Waals surface area contributed by atoms with Gasteiger partial charge in [-0.3, -0.25) is 34.2 Å². The van der Waals surface area contributed by atoms with Crippen molar-refractivity contribution in [2.24, 2.45) is 17.3 Å². The maximum Gasteiger partial charge on any atom is 0.262 e. The Bertz CT molecular complexity index is 2200. The predicted molar refractivity (Wildman–Crippen MR) is 215 cm³/mol. The molecule has 1 unspecified atom stereocenters. The standard InChI is InChI=1S/C43H45ClN8O5/c1-26-21-43(25-51(26)31-5-7-35(45-2)34(44)20-31)13-17-48(18-14-43)37-9-3-28(22-46-37)40(55)49-15-11-27(12-16-49)29-23-50(24-29)30-4-6-32-33(19-30)42(57)52(41(32)56)36-8-10-38(53)47-39(36)54/h3-7,9,19-20,22,26-27,29,36H,8,10-18,21,23-25H2,1H3,(H,47,53,54)/t26-,36?/m0/s1. The van der Waals surface area contributed by atoms with E-state index in [2.05, 4.69) is 31.8 Å². The van der Waals surface area contributed by atoms with Gasteiger partial charge < -0.3 is 19.6 Å². The van der Waals surface area contributed by atoms with Crippen LogP contribution in [0.25, 0.3) is 4.85 Å². The number of nitrogens with zero attached hydrogens (tertiary/aromatic N) is 7. The Morgan fingerprint density at radius 2 is 1.61 bits per heavy atom. The van der Waals surface area contributed by atoms with Gasteiger partial charge in [-0.05, 0) is 105 Å². The highest BCUT2D eigenvalue weighted by Gasteiger charge is 2.46. The molecule has 0 aliphatic carbocycles. The minimum atomic E-state index is -0.979. The molecule has 6 aliphatic rings. The van der Waals surface area contributed by atoms with Gasteiger partial charge in [-0.15, -0.1) is 0 Å². The van der Waals surface area contributed by atoms with Crippen molar-refractivity contribution in [1.29, 1.82) is 0 Å². The summed E-state index contributed by atoms with van der Waals surface area (Å²) < 4.78 is 0. The molecule has 0 bridgehead atoms. The first kappa shape index (κ1) is 37.1. The molecule has 2 aromatic carbocycles. The van der Waals surface area contributed by atoms with Crippen LogP contribution in [0.4, 0.5) is 22.9 Å². The minimum Gasteiger partial charge on any atom is -0.371 e. The van der Waals surface area contributed by atoms with Crippen LogP contribution < -0.4 is 20.0 Å². The van der Waals surface area contributed by atoms with Crippen LogP contribution in [-0.4, -0.2) is 102 Å². The molecule has 13 nitrogen and oxygen atoms in total. The van der Waals surface area contributed by atoms with E-state index in [9.17, 15) is 24.0 Å². The van der Waals surface area contributed by atoms with Crippen molar-refractivity contribution in [2.45, 2.75) is 64.0 Å². The Morgan fingerprint density at radius 3 is 2.30 bits per heavy atom. The number of nitrogens with one attached hydrogen (secondary N) is 1. The maximum atomic E-state index is 13.5. The van der Waals surface area contributed by atoms with Gasteiger partial charge in [-0.1, -0.05) is 17.7 Å². The first-order valence-electron chi connectivity index (χ1n) is 20.1. The summed E-state index contributed by atoms with van der Waals surface area (Å²) in [6, 6.07) is 14.3. The van der Waals surface area contributed by atoms with Crippen LogP contribution in [0.5, 0.6) is 0 Å². The Kier molecular flexibility index (Phi) is 9.42. The number of anilines is 3. The van der Waals surface area contributed by atoms with E-state index < -0.39 is 29.7 Å². The predicted octanol–water partition coefficient (Wildman–Crippen LogP) is 5.56. The summed E-state index contributed by atoms with van der Waals surface area (Å²) in [7, 11) is 0. The van der Waals surface area contributed by atoms with E-state index >= 15 is 0 Å². The number of amides is 5. The third kappa shape index (κ3) is 6.67. The molecule has 14 heteroatoms. The Morgan fingerprint density at radius 1 is 0.877 bits per heavy atom. The second-order valence-corrected chi connectivity index (χ2v) is 17.2. The molecule has 1 spiro atoms. The number of fused-ring (bicyclic) bond motifs is 1. The van der Waals surface area contributed by atoms with E-state index in [0.717, 1.165) is 86.9 Å². The van der Waals surface area contributed by atoms with Crippen LogP contribution in [0.3, 0.4) is 0 Å². The smallest absolute Gasteiger partial charge is 0.262 e. The van der Waals surface area contributed by atoms with E-state index in [4.69, 9.17) is 23.2 Å². The number of aromatic nitrogens is 1. The fourth-order valence-electron chi connectivity index (χ4n) is 10.1. The largest absolute Gasteiger partial charge is 0.371 e. The first-order valence-corrected chi connectivity index (χ1v) is 20.4. The van der Waals surface area contributed by atoms with Crippen LogP contribution in [0.1, 0.15) is 82.9 Å². The second kappa shape index (κ2) is 14.5. The number of piperidine rings is 3. The molecule has 294 valence electrons. The number of benzene rings is 2. The lowest BCUT2D eigenvalue weighted by molar-refractivity contribution is -0.136. The van der Waals surface area contributed by atoms with Gasteiger partial charge in [-0.25, -0.2) is 9.83 Å². The Balaban J connectivity index is 0.741. The molecule has 5 fully saturated rings. The number of carbonyl (C=O) groups is 5. The van der Waals surface area contributed by atoms with Crippen molar-refractivity contribution in [3.8, 4) is 0 Å². The van der Waals surface area contributed by atoms with Crippen molar-refractivity contribution in [2.75, 3.05) is 60.5 Å². The van der Waals surface area contributed by atoms with Crippen molar-refractivity contribution < 1.29 is 24.0 Å². The van der Waals surface area contributed by atoms with Crippen molar-refractivity contribution in [3.05, 3.63) is 87.9 Å². The lowest BCUT2D eigenvalue weighted by atomic mass is 9.77. The monoisotopic (exact) mass is 788 g/mol. The molecule has 6 aliphatic heterocycles. The average Bonchev–Trinajstić information content (AvgIpc) is 3.65. The highest BCUT2D eigenvalue weighted by molar-refractivity contribution is 6.33. The van der Waals surface area contributed by atoms with Gasteiger partial charge >= 0.3 is 0 Å². The lowest BCUT2D eigenvalue weighted by Crippen LogP contribution is -2.54. The number of carbonyl (C=O) groups excluding carboxylic acids is 5. The summed E-state index contributed by atoms with van der Waals surface area (Å²) in [6.45, 7) is 15.5. The fraction of sp³-hybridized carbons (Fsp3) is 0.465.